The van der Waals surface area contributed by atoms with Gasteiger partial charge in [-0.05, 0) is 31.0 Å². The molecule has 1 saturated heterocycles. The molecule has 0 radical (unpaired) electrons. The van der Waals surface area contributed by atoms with Gasteiger partial charge in [-0.2, -0.15) is 4.31 Å². The third-order valence-electron chi connectivity index (χ3n) is 4.02. The van der Waals surface area contributed by atoms with E-state index >= 15 is 0 Å². The molecule has 2 rings (SSSR count). The van der Waals surface area contributed by atoms with Gasteiger partial charge >= 0.3 is 5.97 Å². The Labute approximate surface area is 146 Å². The van der Waals surface area contributed by atoms with Crippen molar-refractivity contribution in [3.05, 3.63) is 28.8 Å². The smallest absolute Gasteiger partial charge is 0.310 e. The highest BCUT2D eigenvalue weighted by molar-refractivity contribution is 7.90. The Bertz CT molecular complexity index is 881. The molecule has 24 heavy (non-hydrogen) atoms. The summed E-state index contributed by atoms with van der Waals surface area (Å²) in [6.07, 6.45) is 1.19. The number of halogens is 1. The van der Waals surface area contributed by atoms with Crippen LogP contribution in [-0.4, -0.2) is 51.6 Å². The molecule has 1 aromatic rings. The summed E-state index contributed by atoms with van der Waals surface area (Å²) < 4.78 is 50.0. The highest BCUT2D eigenvalue weighted by atomic mass is 35.5. The number of hydrogen-bond donors (Lipinski definition) is 1. The van der Waals surface area contributed by atoms with Gasteiger partial charge in [0.15, 0.2) is 9.84 Å². The molecule has 0 aromatic heterocycles. The molecule has 0 saturated carbocycles. The SMILES string of the molecule is CC1(C(=O)O)CCN(S(=O)(=O)c2cc(Cl)ccc2CS(C)(=O)=O)C1. The van der Waals surface area contributed by atoms with Crippen LogP contribution in [0.15, 0.2) is 23.1 Å². The molecule has 0 aliphatic carbocycles. The second-order valence-corrected chi connectivity index (χ2v) is 10.8. The van der Waals surface area contributed by atoms with Gasteiger partial charge in [0.25, 0.3) is 0 Å². The van der Waals surface area contributed by atoms with Gasteiger partial charge in [0.05, 0.1) is 16.1 Å². The van der Waals surface area contributed by atoms with Crippen molar-refractivity contribution in [2.45, 2.75) is 24.0 Å². The van der Waals surface area contributed by atoms with Crippen molar-refractivity contribution >= 4 is 37.4 Å². The van der Waals surface area contributed by atoms with Crippen LogP contribution in [0.5, 0.6) is 0 Å². The normalized spacial score (nSPS) is 22.6. The molecular formula is C14H18ClNO6S2. The molecule has 1 unspecified atom stereocenters. The fourth-order valence-corrected chi connectivity index (χ4v) is 5.56. The minimum absolute atomic E-state index is 0.0515. The van der Waals surface area contributed by atoms with Crippen LogP contribution in [0.25, 0.3) is 0 Å². The van der Waals surface area contributed by atoms with Gasteiger partial charge < -0.3 is 5.11 Å². The maximum atomic E-state index is 12.9. The van der Waals surface area contributed by atoms with E-state index in [9.17, 15) is 26.7 Å². The van der Waals surface area contributed by atoms with Crippen molar-refractivity contribution < 1.29 is 26.7 Å². The lowest BCUT2D eigenvalue weighted by molar-refractivity contribution is -0.146. The van der Waals surface area contributed by atoms with E-state index in [2.05, 4.69) is 0 Å². The van der Waals surface area contributed by atoms with Crippen LogP contribution in [-0.2, 0) is 30.4 Å². The maximum Gasteiger partial charge on any atom is 0.310 e. The highest BCUT2D eigenvalue weighted by Crippen LogP contribution is 2.35. The average Bonchev–Trinajstić information content (AvgIpc) is 2.84. The average molecular weight is 396 g/mol. The number of rotatable bonds is 5. The molecule has 1 N–H and O–H groups in total. The number of sulfone groups is 1. The number of carboxylic acid groups (broad SMARTS) is 1. The molecule has 0 bridgehead atoms. The number of aliphatic carboxylic acids is 1. The van der Waals surface area contributed by atoms with E-state index in [0.717, 1.165) is 10.6 Å². The monoisotopic (exact) mass is 395 g/mol. The lowest BCUT2D eigenvalue weighted by Crippen LogP contribution is -2.35. The Hall–Kier alpha value is -1.16. The first-order valence-corrected chi connectivity index (χ1v) is 10.9. The van der Waals surface area contributed by atoms with E-state index in [0.29, 0.717) is 0 Å². The van der Waals surface area contributed by atoms with Crippen molar-refractivity contribution in [2.24, 2.45) is 5.41 Å². The van der Waals surface area contributed by atoms with E-state index < -0.39 is 37.0 Å². The topological polar surface area (TPSA) is 109 Å². The van der Waals surface area contributed by atoms with Gasteiger partial charge in [0.1, 0.15) is 0 Å². The molecule has 1 aliphatic rings. The number of sulfonamides is 1. The second-order valence-electron chi connectivity index (χ2n) is 6.28. The van der Waals surface area contributed by atoms with Crippen molar-refractivity contribution in [1.29, 1.82) is 0 Å². The predicted molar refractivity (Wildman–Crippen MR) is 89.1 cm³/mol. The van der Waals surface area contributed by atoms with Crippen LogP contribution in [0, 0.1) is 5.41 Å². The van der Waals surface area contributed by atoms with Crippen LogP contribution in [0.4, 0.5) is 0 Å². The number of benzene rings is 1. The van der Waals surface area contributed by atoms with Gasteiger partial charge in [-0.3, -0.25) is 4.79 Å². The quantitative estimate of drug-likeness (QED) is 0.806. The predicted octanol–water partition coefficient (Wildman–Crippen LogP) is 1.37. The summed E-state index contributed by atoms with van der Waals surface area (Å²) in [7, 11) is -7.50. The van der Waals surface area contributed by atoms with Crippen molar-refractivity contribution in [3.63, 3.8) is 0 Å². The lowest BCUT2D eigenvalue weighted by Gasteiger charge is -2.21. The summed E-state index contributed by atoms with van der Waals surface area (Å²) in [5.41, 5.74) is -1.05. The van der Waals surface area contributed by atoms with Crippen LogP contribution in [0.1, 0.15) is 18.9 Å². The van der Waals surface area contributed by atoms with Gasteiger partial charge in [-0.1, -0.05) is 17.7 Å². The lowest BCUT2D eigenvalue weighted by atomic mass is 9.90. The fourth-order valence-electron chi connectivity index (χ4n) is 2.61. The van der Waals surface area contributed by atoms with Crippen molar-refractivity contribution in [2.75, 3.05) is 19.3 Å². The summed E-state index contributed by atoms with van der Waals surface area (Å²) in [6.45, 7) is 1.37. The molecular weight excluding hydrogens is 378 g/mol. The molecule has 1 heterocycles. The molecule has 10 heteroatoms. The molecule has 1 aliphatic heterocycles. The Morgan fingerprint density at radius 3 is 2.46 bits per heavy atom. The maximum absolute atomic E-state index is 12.9. The first-order valence-electron chi connectivity index (χ1n) is 7.05. The second kappa shape index (κ2) is 6.29. The minimum atomic E-state index is -4.05. The van der Waals surface area contributed by atoms with Crippen molar-refractivity contribution in [1.82, 2.24) is 4.31 Å². The molecule has 0 amide bonds. The van der Waals surface area contributed by atoms with E-state index in [4.69, 9.17) is 11.6 Å². The summed E-state index contributed by atoms with van der Waals surface area (Å²) in [6, 6.07) is 3.99. The van der Waals surface area contributed by atoms with E-state index in [-0.39, 0.29) is 35.0 Å². The van der Waals surface area contributed by atoms with Crippen LogP contribution >= 0.6 is 11.6 Å². The van der Waals surface area contributed by atoms with Crippen molar-refractivity contribution in [3.8, 4) is 0 Å². The minimum Gasteiger partial charge on any atom is -0.481 e. The largest absolute Gasteiger partial charge is 0.481 e. The molecule has 134 valence electrons. The standard InChI is InChI=1S/C14H18ClNO6S2/c1-14(13(17)18)5-6-16(9-14)24(21,22)12-7-11(15)4-3-10(12)8-23(2,19)20/h3-4,7H,5-6,8-9H2,1-2H3,(H,17,18). The Morgan fingerprint density at radius 1 is 1.33 bits per heavy atom. The number of carbonyl (C=O) groups is 1. The zero-order valence-corrected chi connectivity index (χ0v) is 15.6. The summed E-state index contributed by atoms with van der Waals surface area (Å²) in [5.74, 6) is -1.51. The first kappa shape index (κ1) is 19.2. The third kappa shape index (κ3) is 3.90. The molecule has 1 fully saturated rings. The van der Waals surface area contributed by atoms with Gasteiger partial charge in [0, 0.05) is 24.4 Å². The van der Waals surface area contributed by atoms with Gasteiger partial charge in [-0.15, -0.1) is 0 Å². The first-order chi connectivity index (χ1) is 10.8. The molecule has 1 atom stereocenters. The Kier molecular flexibility index (Phi) is 5.02. The van der Waals surface area contributed by atoms with Gasteiger partial charge in [0.2, 0.25) is 10.0 Å². The van der Waals surface area contributed by atoms with E-state index in [1.807, 2.05) is 0 Å². The fraction of sp³-hybridized carbons (Fsp3) is 0.500. The number of carboxylic acids is 1. The highest BCUT2D eigenvalue weighted by Gasteiger charge is 2.45. The van der Waals surface area contributed by atoms with E-state index in [1.165, 1.54) is 25.1 Å². The zero-order valence-electron chi connectivity index (χ0n) is 13.2. The third-order valence-corrected chi connectivity index (χ3v) is 7.02. The zero-order chi connectivity index (χ0) is 18.3. The number of hydrogen-bond acceptors (Lipinski definition) is 5. The number of nitrogens with zero attached hydrogens (tertiary/aromatic N) is 1. The Balaban J connectivity index is 2.47. The molecule has 1 aromatic carbocycles. The molecule has 0 spiro atoms. The summed E-state index contributed by atoms with van der Waals surface area (Å²) in [5, 5.41) is 9.41. The van der Waals surface area contributed by atoms with Crippen LogP contribution < -0.4 is 0 Å². The van der Waals surface area contributed by atoms with Crippen LogP contribution in [0.2, 0.25) is 5.02 Å². The van der Waals surface area contributed by atoms with Crippen LogP contribution in [0.3, 0.4) is 0 Å². The molecule has 7 nitrogen and oxygen atoms in total. The van der Waals surface area contributed by atoms with Gasteiger partial charge in [-0.25, -0.2) is 16.8 Å². The Morgan fingerprint density at radius 2 is 1.96 bits per heavy atom. The summed E-state index contributed by atoms with van der Waals surface area (Å²) in [4.78, 5) is 11.1. The van der Waals surface area contributed by atoms with E-state index in [1.54, 1.807) is 0 Å². The summed E-state index contributed by atoms with van der Waals surface area (Å²) >= 11 is 5.88.